The largest absolute Gasteiger partial charge is 0.479 e. The number of carboxylic acid groups (broad SMARTS) is 1. The van der Waals surface area contributed by atoms with E-state index < -0.39 is 11.6 Å². The van der Waals surface area contributed by atoms with E-state index in [2.05, 4.69) is 15.9 Å². The maximum atomic E-state index is 10.9. The Labute approximate surface area is 88.7 Å². The standard InChI is InChI=1S/C9H9BrO4/c10-7-4-5-6(14-7)2-1-3-9(5,13)8(11)12/h4,13H,1-3H2,(H,11,12). The van der Waals surface area contributed by atoms with Crippen LogP contribution in [0.25, 0.3) is 0 Å². The molecular weight excluding hydrogens is 252 g/mol. The molecule has 0 amide bonds. The van der Waals surface area contributed by atoms with Crippen molar-refractivity contribution in [2.24, 2.45) is 0 Å². The summed E-state index contributed by atoms with van der Waals surface area (Å²) in [5.74, 6) is -0.653. The molecule has 1 unspecified atom stereocenters. The van der Waals surface area contributed by atoms with Gasteiger partial charge in [0.25, 0.3) is 0 Å². The minimum Gasteiger partial charge on any atom is -0.479 e. The third-order valence-electron chi connectivity index (χ3n) is 2.52. The number of hydrogen-bond acceptors (Lipinski definition) is 3. The molecule has 1 aliphatic rings. The molecule has 2 N–H and O–H groups in total. The molecule has 0 aromatic carbocycles. The maximum absolute atomic E-state index is 10.9. The molecule has 0 bridgehead atoms. The summed E-state index contributed by atoms with van der Waals surface area (Å²) in [7, 11) is 0. The summed E-state index contributed by atoms with van der Waals surface area (Å²) in [6.07, 6.45) is 1.54. The van der Waals surface area contributed by atoms with Crippen LogP contribution in [0.5, 0.6) is 0 Å². The van der Waals surface area contributed by atoms with Crippen molar-refractivity contribution in [3.05, 3.63) is 22.1 Å². The molecule has 5 heteroatoms. The van der Waals surface area contributed by atoms with Crippen LogP contribution in [0.4, 0.5) is 0 Å². The zero-order valence-electron chi connectivity index (χ0n) is 7.29. The van der Waals surface area contributed by atoms with Gasteiger partial charge in [0.05, 0.1) is 0 Å². The second-order valence-electron chi connectivity index (χ2n) is 3.41. The summed E-state index contributed by atoms with van der Waals surface area (Å²) >= 11 is 3.12. The van der Waals surface area contributed by atoms with Crippen LogP contribution in [0.3, 0.4) is 0 Å². The van der Waals surface area contributed by atoms with E-state index in [0.717, 1.165) is 0 Å². The van der Waals surface area contributed by atoms with E-state index in [4.69, 9.17) is 9.52 Å². The fourth-order valence-electron chi connectivity index (χ4n) is 1.79. The summed E-state index contributed by atoms with van der Waals surface area (Å²) < 4.78 is 5.71. The molecule has 0 saturated heterocycles. The number of fused-ring (bicyclic) bond motifs is 1. The lowest BCUT2D eigenvalue weighted by Crippen LogP contribution is -2.38. The lowest BCUT2D eigenvalue weighted by atomic mass is 9.83. The Hall–Kier alpha value is -0.810. The first-order chi connectivity index (χ1) is 6.54. The summed E-state index contributed by atoms with van der Waals surface area (Å²) in [6, 6.07) is 1.53. The number of rotatable bonds is 1. The minimum absolute atomic E-state index is 0.237. The van der Waals surface area contributed by atoms with Crippen LogP contribution in [0.2, 0.25) is 0 Å². The van der Waals surface area contributed by atoms with Crippen LogP contribution in [0, 0.1) is 0 Å². The highest BCUT2D eigenvalue weighted by Crippen LogP contribution is 2.38. The molecule has 1 heterocycles. The number of furan rings is 1. The summed E-state index contributed by atoms with van der Waals surface area (Å²) in [6.45, 7) is 0. The third-order valence-corrected chi connectivity index (χ3v) is 2.91. The Morgan fingerprint density at radius 2 is 2.36 bits per heavy atom. The number of carbonyl (C=O) groups is 1. The predicted molar refractivity (Wildman–Crippen MR) is 50.9 cm³/mol. The number of aryl methyl sites for hydroxylation is 1. The molecule has 0 radical (unpaired) electrons. The molecule has 0 saturated carbocycles. The van der Waals surface area contributed by atoms with E-state index in [1.807, 2.05) is 0 Å². The molecule has 14 heavy (non-hydrogen) atoms. The van der Waals surface area contributed by atoms with Crippen molar-refractivity contribution in [3.63, 3.8) is 0 Å². The highest BCUT2D eigenvalue weighted by Gasteiger charge is 2.43. The molecule has 0 aliphatic heterocycles. The summed E-state index contributed by atoms with van der Waals surface area (Å²) in [5, 5.41) is 18.9. The highest BCUT2D eigenvalue weighted by molar-refractivity contribution is 9.10. The van der Waals surface area contributed by atoms with Gasteiger partial charge in [0, 0.05) is 12.0 Å². The molecule has 4 nitrogen and oxygen atoms in total. The molecule has 76 valence electrons. The molecule has 1 aliphatic carbocycles. The van der Waals surface area contributed by atoms with Crippen LogP contribution < -0.4 is 0 Å². The fourth-order valence-corrected chi connectivity index (χ4v) is 2.22. The lowest BCUT2D eigenvalue weighted by molar-refractivity contribution is -0.161. The van der Waals surface area contributed by atoms with Gasteiger partial charge in [-0.1, -0.05) is 0 Å². The van der Waals surface area contributed by atoms with Crippen LogP contribution >= 0.6 is 15.9 Å². The van der Waals surface area contributed by atoms with Gasteiger partial charge < -0.3 is 14.6 Å². The predicted octanol–water partition coefficient (Wildman–Crippen LogP) is 1.65. The van der Waals surface area contributed by atoms with Crippen LogP contribution in [0.15, 0.2) is 15.2 Å². The van der Waals surface area contributed by atoms with Crippen molar-refractivity contribution < 1.29 is 19.4 Å². The van der Waals surface area contributed by atoms with Crippen LogP contribution in [-0.2, 0) is 16.8 Å². The number of aliphatic carboxylic acids is 1. The Morgan fingerprint density at radius 3 is 3.00 bits per heavy atom. The number of aliphatic hydroxyl groups is 1. The van der Waals surface area contributed by atoms with Gasteiger partial charge in [-0.2, -0.15) is 0 Å². The van der Waals surface area contributed by atoms with E-state index in [0.29, 0.717) is 28.8 Å². The monoisotopic (exact) mass is 260 g/mol. The Bertz CT molecular complexity index is 384. The van der Waals surface area contributed by atoms with Crippen molar-refractivity contribution in [3.8, 4) is 0 Å². The average molecular weight is 261 g/mol. The highest BCUT2D eigenvalue weighted by atomic mass is 79.9. The van der Waals surface area contributed by atoms with Gasteiger partial charge in [-0.3, -0.25) is 0 Å². The molecular formula is C9H9BrO4. The number of halogens is 1. The van der Waals surface area contributed by atoms with Gasteiger partial charge in [0.1, 0.15) is 5.76 Å². The van der Waals surface area contributed by atoms with E-state index in [-0.39, 0.29) is 6.42 Å². The zero-order valence-corrected chi connectivity index (χ0v) is 8.87. The van der Waals surface area contributed by atoms with E-state index >= 15 is 0 Å². The topological polar surface area (TPSA) is 70.7 Å². The second-order valence-corrected chi connectivity index (χ2v) is 4.19. The molecule has 2 rings (SSSR count). The molecule has 1 aromatic heterocycles. The first-order valence-electron chi connectivity index (χ1n) is 4.28. The Morgan fingerprint density at radius 1 is 1.64 bits per heavy atom. The third kappa shape index (κ3) is 1.27. The van der Waals surface area contributed by atoms with Gasteiger partial charge in [-0.15, -0.1) is 0 Å². The first-order valence-corrected chi connectivity index (χ1v) is 5.08. The van der Waals surface area contributed by atoms with Gasteiger partial charge in [-0.25, -0.2) is 4.79 Å². The van der Waals surface area contributed by atoms with Gasteiger partial charge in [-0.05, 0) is 34.8 Å². The summed E-state index contributed by atoms with van der Waals surface area (Å²) in [4.78, 5) is 10.9. The number of carboxylic acids is 1. The van der Waals surface area contributed by atoms with Crippen molar-refractivity contribution in [1.29, 1.82) is 0 Å². The fraction of sp³-hybridized carbons (Fsp3) is 0.444. The zero-order chi connectivity index (χ0) is 10.3. The van der Waals surface area contributed by atoms with Crippen molar-refractivity contribution in [2.45, 2.75) is 24.9 Å². The lowest BCUT2D eigenvalue weighted by Gasteiger charge is -2.26. The average Bonchev–Trinajstić information content (AvgIpc) is 2.47. The molecule has 1 aromatic rings. The minimum atomic E-state index is -1.77. The molecule has 0 fully saturated rings. The Balaban J connectivity index is 2.54. The van der Waals surface area contributed by atoms with Gasteiger partial charge in [0.15, 0.2) is 10.3 Å². The molecule has 1 atom stereocenters. The van der Waals surface area contributed by atoms with Crippen molar-refractivity contribution in [2.75, 3.05) is 0 Å². The quantitative estimate of drug-likeness (QED) is 0.806. The molecule has 0 spiro atoms. The van der Waals surface area contributed by atoms with Gasteiger partial charge in [0.2, 0.25) is 0 Å². The van der Waals surface area contributed by atoms with Crippen molar-refractivity contribution in [1.82, 2.24) is 0 Å². The summed E-state index contributed by atoms with van der Waals surface area (Å²) in [5.41, 5.74) is -1.40. The maximum Gasteiger partial charge on any atom is 0.340 e. The van der Waals surface area contributed by atoms with E-state index in [1.54, 1.807) is 0 Å². The van der Waals surface area contributed by atoms with Gasteiger partial charge >= 0.3 is 5.97 Å². The first kappa shape index (κ1) is 9.73. The Kier molecular flexibility index (Phi) is 2.16. The number of hydrogen-bond donors (Lipinski definition) is 2. The normalized spacial score (nSPS) is 25.9. The van der Waals surface area contributed by atoms with Crippen LogP contribution in [-0.4, -0.2) is 16.2 Å². The van der Waals surface area contributed by atoms with Crippen molar-refractivity contribution >= 4 is 21.9 Å². The smallest absolute Gasteiger partial charge is 0.340 e. The van der Waals surface area contributed by atoms with E-state index in [9.17, 15) is 9.90 Å². The van der Waals surface area contributed by atoms with E-state index in [1.165, 1.54) is 6.07 Å². The SMILES string of the molecule is O=C(O)C1(O)CCCc2oc(Br)cc21. The second kappa shape index (κ2) is 3.10. The van der Waals surface area contributed by atoms with Crippen LogP contribution in [0.1, 0.15) is 24.2 Å².